The van der Waals surface area contributed by atoms with Crippen molar-refractivity contribution in [2.24, 2.45) is 0 Å². The second-order valence-electron chi connectivity index (χ2n) is 6.03. The number of benzene rings is 2. The lowest BCUT2D eigenvalue weighted by atomic mass is 9.93. The molecule has 0 aliphatic heterocycles. The van der Waals surface area contributed by atoms with Crippen LogP contribution in [0, 0.1) is 0 Å². The minimum atomic E-state index is -0.0674. The van der Waals surface area contributed by atoms with E-state index in [1.165, 1.54) is 0 Å². The van der Waals surface area contributed by atoms with Gasteiger partial charge >= 0.3 is 0 Å². The van der Waals surface area contributed by atoms with Gasteiger partial charge in [0.05, 0.1) is 5.92 Å². The lowest BCUT2D eigenvalue weighted by Crippen LogP contribution is -2.29. The molecule has 1 atom stereocenters. The molecule has 0 saturated carbocycles. The summed E-state index contributed by atoms with van der Waals surface area (Å²) in [5, 5.41) is 3.08. The van der Waals surface area contributed by atoms with Gasteiger partial charge in [0.25, 0.3) is 0 Å². The third-order valence-electron chi connectivity index (χ3n) is 4.02. The molecule has 2 rings (SSSR count). The highest BCUT2D eigenvalue weighted by Crippen LogP contribution is 2.21. The van der Waals surface area contributed by atoms with Crippen LogP contribution in [-0.2, 0) is 11.3 Å². The van der Waals surface area contributed by atoms with Crippen molar-refractivity contribution >= 4 is 11.6 Å². The number of nitrogens with zero attached hydrogens (tertiary/aromatic N) is 1. The number of nitrogens with one attached hydrogen (secondary N) is 1. The van der Waals surface area contributed by atoms with Crippen LogP contribution in [0.15, 0.2) is 54.6 Å². The Morgan fingerprint density at radius 3 is 2.26 bits per heavy atom. The summed E-state index contributed by atoms with van der Waals surface area (Å²) in [5.41, 5.74) is 3.37. The van der Waals surface area contributed by atoms with E-state index in [4.69, 9.17) is 0 Å². The molecule has 1 N–H and O–H groups in total. The molecule has 0 heterocycles. The van der Waals surface area contributed by atoms with Crippen LogP contribution in [0.1, 0.15) is 36.8 Å². The van der Waals surface area contributed by atoms with Gasteiger partial charge in [0.2, 0.25) is 5.91 Å². The summed E-state index contributed by atoms with van der Waals surface area (Å²) in [6.45, 7) is 2.68. The maximum atomic E-state index is 12.6. The minimum Gasteiger partial charge on any atom is -0.378 e. The Kier molecular flexibility index (Phi) is 6.21. The van der Waals surface area contributed by atoms with E-state index in [2.05, 4.69) is 41.4 Å². The molecule has 0 aromatic heterocycles. The first-order valence-corrected chi connectivity index (χ1v) is 8.20. The fraction of sp³-hybridized carbons (Fsp3) is 0.350. The van der Waals surface area contributed by atoms with Crippen molar-refractivity contribution in [3.8, 4) is 0 Å². The molecule has 0 fully saturated rings. The molecule has 0 bridgehead atoms. The zero-order valence-corrected chi connectivity index (χ0v) is 14.3. The Hall–Kier alpha value is -2.29. The van der Waals surface area contributed by atoms with Gasteiger partial charge < -0.3 is 10.2 Å². The fourth-order valence-corrected chi connectivity index (χ4v) is 2.65. The van der Waals surface area contributed by atoms with Crippen molar-refractivity contribution in [2.75, 3.05) is 19.0 Å². The van der Waals surface area contributed by atoms with Crippen molar-refractivity contribution in [1.29, 1.82) is 0 Å². The van der Waals surface area contributed by atoms with Gasteiger partial charge in [-0.25, -0.2) is 0 Å². The molecule has 122 valence electrons. The maximum Gasteiger partial charge on any atom is 0.227 e. The highest BCUT2D eigenvalue weighted by atomic mass is 16.1. The summed E-state index contributed by atoms with van der Waals surface area (Å²) in [6, 6.07) is 18.3. The number of hydrogen-bond acceptors (Lipinski definition) is 2. The van der Waals surface area contributed by atoms with E-state index in [1.807, 2.05) is 44.4 Å². The average molecular weight is 310 g/mol. The van der Waals surface area contributed by atoms with E-state index < -0.39 is 0 Å². The van der Waals surface area contributed by atoms with E-state index >= 15 is 0 Å². The number of carbonyl (C=O) groups excluding carboxylic acids is 1. The standard InChI is InChI=1S/C20H26N2O/c1-4-8-19(17-9-6-5-7-10-17)20(23)21-15-16-11-13-18(14-12-16)22(2)3/h5-7,9-14,19H,4,8,15H2,1-3H3,(H,21,23)/t19-/m0/s1. The van der Waals surface area contributed by atoms with E-state index in [1.54, 1.807) is 0 Å². The highest BCUT2D eigenvalue weighted by molar-refractivity contribution is 5.83. The van der Waals surface area contributed by atoms with Gasteiger partial charge in [0, 0.05) is 26.3 Å². The summed E-state index contributed by atoms with van der Waals surface area (Å²) in [5.74, 6) is 0.0389. The van der Waals surface area contributed by atoms with E-state index in [0.717, 1.165) is 29.7 Å². The Morgan fingerprint density at radius 1 is 1.04 bits per heavy atom. The van der Waals surface area contributed by atoms with Crippen molar-refractivity contribution < 1.29 is 4.79 Å². The smallest absolute Gasteiger partial charge is 0.227 e. The predicted molar refractivity (Wildman–Crippen MR) is 96.7 cm³/mol. The summed E-state index contributed by atoms with van der Waals surface area (Å²) in [6.07, 6.45) is 1.86. The zero-order valence-electron chi connectivity index (χ0n) is 14.3. The predicted octanol–water partition coefficient (Wildman–Crippen LogP) is 3.95. The maximum absolute atomic E-state index is 12.6. The molecule has 0 aliphatic rings. The number of rotatable bonds is 7. The second kappa shape index (κ2) is 8.37. The van der Waals surface area contributed by atoms with Crippen molar-refractivity contribution in [3.05, 3.63) is 65.7 Å². The molecular formula is C20H26N2O. The van der Waals surface area contributed by atoms with E-state index in [-0.39, 0.29) is 11.8 Å². The van der Waals surface area contributed by atoms with Gasteiger partial charge in [0.1, 0.15) is 0 Å². The molecule has 0 radical (unpaired) electrons. The van der Waals surface area contributed by atoms with Crippen molar-refractivity contribution in [3.63, 3.8) is 0 Å². The number of carbonyl (C=O) groups is 1. The van der Waals surface area contributed by atoms with Crippen LogP contribution in [0.5, 0.6) is 0 Å². The third kappa shape index (κ3) is 4.85. The van der Waals surface area contributed by atoms with Crippen LogP contribution in [0.2, 0.25) is 0 Å². The van der Waals surface area contributed by atoms with Gasteiger partial charge in [-0.15, -0.1) is 0 Å². The summed E-state index contributed by atoms with van der Waals surface area (Å²) >= 11 is 0. The van der Waals surface area contributed by atoms with Crippen LogP contribution in [0.25, 0.3) is 0 Å². The number of amides is 1. The largest absolute Gasteiger partial charge is 0.378 e. The Balaban J connectivity index is 1.99. The van der Waals surface area contributed by atoms with Crippen LogP contribution < -0.4 is 10.2 Å². The summed E-state index contributed by atoms with van der Waals surface area (Å²) in [7, 11) is 4.04. The molecule has 0 spiro atoms. The Morgan fingerprint density at radius 2 is 1.70 bits per heavy atom. The van der Waals surface area contributed by atoms with Crippen LogP contribution in [-0.4, -0.2) is 20.0 Å². The van der Waals surface area contributed by atoms with Gasteiger partial charge in [-0.3, -0.25) is 4.79 Å². The molecule has 2 aromatic rings. The molecule has 3 heteroatoms. The quantitative estimate of drug-likeness (QED) is 0.840. The first-order valence-electron chi connectivity index (χ1n) is 8.20. The van der Waals surface area contributed by atoms with Gasteiger partial charge in [-0.2, -0.15) is 0 Å². The monoisotopic (exact) mass is 310 g/mol. The Bertz CT molecular complexity index is 605. The second-order valence-corrected chi connectivity index (χ2v) is 6.03. The van der Waals surface area contributed by atoms with Crippen LogP contribution in [0.3, 0.4) is 0 Å². The summed E-state index contributed by atoms with van der Waals surface area (Å²) < 4.78 is 0. The first kappa shape index (κ1) is 17.1. The lowest BCUT2D eigenvalue weighted by molar-refractivity contribution is -0.122. The minimum absolute atomic E-state index is 0.0674. The van der Waals surface area contributed by atoms with E-state index in [9.17, 15) is 4.79 Å². The molecule has 0 saturated heterocycles. The van der Waals surface area contributed by atoms with Gasteiger partial charge in [-0.1, -0.05) is 55.8 Å². The van der Waals surface area contributed by atoms with Crippen molar-refractivity contribution in [2.45, 2.75) is 32.2 Å². The number of hydrogen-bond donors (Lipinski definition) is 1. The number of anilines is 1. The van der Waals surface area contributed by atoms with E-state index in [0.29, 0.717) is 6.54 Å². The van der Waals surface area contributed by atoms with Gasteiger partial charge in [0.15, 0.2) is 0 Å². The lowest BCUT2D eigenvalue weighted by Gasteiger charge is -2.17. The molecule has 0 unspecified atom stereocenters. The molecule has 3 nitrogen and oxygen atoms in total. The molecule has 23 heavy (non-hydrogen) atoms. The Labute approximate surface area is 139 Å². The summed E-state index contributed by atoms with van der Waals surface area (Å²) in [4.78, 5) is 14.6. The van der Waals surface area contributed by atoms with Crippen LogP contribution >= 0.6 is 0 Å². The molecule has 1 amide bonds. The van der Waals surface area contributed by atoms with Crippen molar-refractivity contribution in [1.82, 2.24) is 5.32 Å². The highest BCUT2D eigenvalue weighted by Gasteiger charge is 2.19. The van der Waals surface area contributed by atoms with Crippen LogP contribution in [0.4, 0.5) is 5.69 Å². The average Bonchev–Trinajstić information content (AvgIpc) is 2.58. The molecule has 2 aromatic carbocycles. The third-order valence-corrected chi connectivity index (χ3v) is 4.02. The van der Waals surface area contributed by atoms with Gasteiger partial charge in [-0.05, 0) is 29.7 Å². The molecular weight excluding hydrogens is 284 g/mol. The zero-order chi connectivity index (χ0) is 16.7. The SMILES string of the molecule is CCC[C@H](C(=O)NCc1ccc(N(C)C)cc1)c1ccccc1. The first-order chi connectivity index (χ1) is 11.1. The fourth-order valence-electron chi connectivity index (χ4n) is 2.65. The normalized spacial score (nSPS) is 11.8. The molecule has 0 aliphatic carbocycles. The topological polar surface area (TPSA) is 32.3 Å².